The maximum absolute atomic E-state index is 12.1. The Labute approximate surface area is 146 Å². The van der Waals surface area contributed by atoms with Crippen molar-refractivity contribution in [2.75, 3.05) is 0 Å². The lowest BCUT2D eigenvalue weighted by Gasteiger charge is -2.12. The lowest BCUT2D eigenvalue weighted by atomic mass is 10.1. The van der Waals surface area contributed by atoms with E-state index in [1.165, 1.54) is 12.4 Å². The van der Waals surface area contributed by atoms with Gasteiger partial charge in [0.15, 0.2) is 0 Å². The van der Waals surface area contributed by atoms with E-state index in [4.69, 9.17) is 11.6 Å². The molecule has 24 heavy (non-hydrogen) atoms. The predicted octanol–water partition coefficient (Wildman–Crippen LogP) is 3.19. The van der Waals surface area contributed by atoms with E-state index in [2.05, 4.69) is 15.6 Å². The van der Waals surface area contributed by atoms with Gasteiger partial charge in [0.05, 0.1) is 10.6 Å². The average Bonchev–Trinajstić information content (AvgIpc) is 2.60. The largest absolute Gasteiger partial charge is 0.350 e. The summed E-state index contributed by atoms with van der Waals surface area (Å²) in [7, 11) is 0. The third-order valence-electron chi connectivity index (χ3n) is 3.68. The van der Waals surface area contributed by atoms with Gasteiger partial charge in [0, 0.05) is 30.5 Å². The molecule has 1 atom stereocenters. The van der Waals surface area contributed by atoms with E-state index in [-0.39, 0.29) is 17.9 Å². The predicted molar refractivity (Wildman–Crippen MR) is 94.1 cm³/mol. The van der Waals surface area contributed by atoms with Gasteiger partial charge in [-0.25, -0.2) is 0 Å². The number of pyridine rings is 1. The molecular weight excluding hydrogens is 326 g/mol. The van der Waals surface area contributed by atoms with Crippen LogP contribution in [0.1, 0.15) is 46.5 Å². The number of halogens is 1. The van der Waals surface area contributed by atoms with Crippen LogP contribution >= 0.6 is 11.6 Å². The molecule has 0 fully saturated rings. The Morgan fingerprint density at radius 3 is 2.50 bits per heavy atom. The van der Waals surface area contributed by atoms with E-state index in [1.54, 1.807) is 18.2 Å². The molecule has 2 aromatic rings. The topological polar surface area (TPSA) is 71.1 Å². The first-order valence-corrected chi connectivity index (χ1v) is 8.16. The SMILES string of the molecule is CC[C@H](C)NC(=O)c1ccc(CNC(=O)c2ccncc2Cl)cc1. The van der Waals surface area contributed by atoms with E-state index >= 15 is 0 Å². The minimum atomic E-state index is -0.263. The summed E-state index contributed by atoms with van der Waals surface area (Å²) in [6.07, 6.45) is 3.83. The molecule has 2 N–H and O–H groups in total. The normalized spacial score (nSPS) is 11.6. The summed E-state index contributed by atoms with van der Waals surface area (Å²) in [6.45, 7) is 4.34. The van der Waals surface area contributed by atoms with Crippen molar-refractivity contribution in [2.45, 2.75) is 32.9 Å². The van der Waals surface area contributed by atoms with Crippen molar-refractivity contribution >= 4 is 23.4 Å². The van der Waals surface area contributed by atoms with Crippen molar-refractivity contribution in [1.29, 1.82) is 0 Å². The Bertz CT molecular complexity index is 716. The third-order valence-corrected chi connectivity index (χ3v) is 3.98. The van der Waals surface area contributed by atoms with Crippen LogP contribution in [0, 0.1) is 0 Å². The van der Waals surface area contributed by atoms with Gasteiger partial charge in [-0.2, -0.15) is 0 Å². The Kier molecular flexibility index (Phi) is 6.32. The van der Waals surface area contributed by atoms with Crippen LogP contribution in [0.3, 0.4) is 0 Å². The molecule has 0 spiro atoms. The summed E-state index contributed by atoms with van der Waals surface area (Å²) in [4.78, 5) is 27.9. The van der Waals surface area contributed by atoms with Gasteiger partial charge in [0.25, 0.3) is 11.8 Å². The molecule has 2 amide bonds. The fourth-order valence-electron chi connectivity index (χ4n) is 2.02. The van der Waals surface area contributed by atoms with Gasteiger partial charge < -0.3 is 10.6 Å². The lowest BCUT2D eigenvalue weighted by molar-refractivity contribution is 0.0934. The number of nitrogens with one attached hydrogen (secondary N) is 2. The molecule has 0 saturated heterocycles. The van der Waals surface area contributed by atoms with Gasteiger partial charge in [0.2, 0.25) is 0 Å². The standard InChI is InChI=1S/C18H20ClN3O2/c1-3-12(2)22-17(23)14-6-4-13(5-7-14)10-21-18(24)15-8-9-20-11-16(15)19/h4-9,11-12H,3,10H2,1-2H3,(H,21,24)(H,22,23)/t12-/m0/s1. The second kappa shape index (κ2) is 8.45. The first-order valence-electron chi connectivity index (χ1n) is 7.78. The molecular formula is C18H20ClN3O2. The highest BCUT2D eigenvalue weighted by molar-refractivity contribution is 6.33. The molecule has 6 heteroatoms. The van der Waals surface area contributed by atoms with Gasteiger partial charge >= 0.3 is 0 Å². The summed E-state index contributed by atoms with van der Waals surface area (Å²) in [6, 6.07) is 8.85. The highest BCUT2D eigenvalue weighted by Gasteiger charge is 2.10. The fourth-order valence-corrected chi connectivity index (χ4v) is 2.23. The van der Waals surface area contributed by atoms with Gasteiger partial charge in [-0.15, -0.1) is 0 Å². The van der Waals surface area contributed by atoms with E-state index in [0.717, 1.165) is 12.0 Å². The Balaban J connectivity index is 1.93. The third kappa shape index (κ3) is 4.80. The molecule has 0 saturated carbocycles. The Hall–Kier alpha value is -2.40. The number of benzene rings is 1. The molecule has 2 rings (SSSR count). The van der Waals surface area contributed by atoms with Crippen LogP contribution in [0.25, 0.3) is 0 Å². The van der Waals surface area contributed by atoms with Gasteiger partial charge in [-0.3, -0.25) is 14.6 Å². The molecule has 0 aliphatic carbocycles. The number of amides is 2. The van der Waals surface area contributed by atoms with Gasteiger partial charge in [-0.05, 0) is 37.1 Å². The molecule has 0 aliphatic heterocycles. The lowest BCUT2D eigenvalue weighted by Crippen LogP contribution is -2.31. The average molecular weight is 346 g/mol. The smallest absolute Gasteiger partial charge is 0.253 e. The Morgan fingerprint density at radius 2 is 1.88 bits per heavy atom. The summed E-state index contributed by atoms with van der Waals surface area (Å²) < 4.78 is 0. The highest BCUT2D eigenvalue weighted by atomic mass is 35.5. The first-order chi connectivity index (χ1) is 11.5. The zero-order valence-electron chi connectivity index (χ0n) is 13.7. The number of hydrogen-bond donors (Lipinski definition) is 2. The highest BCUT2D eigenvalue weighted by Crippen LogP contribution is 2.13. The van der Waals surface area contributed by atoms with Crippen molar-refractivity contribution in [3.63, 3.8) is 0 Å². The monoisotopic (exact) mass is 345 g/mol. The molecule has 5 nitrogen and oxygen atoms in total. The van der Waals surface area contributed by atoms with Crippen molar-refractivity contribution in [1.82, 2.24) is 15.6 Å². The number of nitrogens with zero attached hydrogens (tertiary/aromatic N) is 1. The number of hydrogen-bond acceptors (Lipinski definition) is 3. The van der Waals surface area contributed by atoms with Crippen LogP contribution in [0.4, 0.5) is 0 Å². The van der Waals surface area contributed by atoms with Gasteiger partial charge in [-0.1, -0.05) is 30.7 Å². The Morgan fingerprint density at radius 1 is 1.17 bits per heavy atom. The van der Waals surface area contributed by atoms with Crippen LogP contribution < -0.4 is 10.6 Å². The summed E-state index contributed by atoms with van der Waals surface area (Å²) >= 11 is 5.94. The number of rotatable bonds is 6. The fraction of sp³-hybridized carbons (Fsp3) is 0.278. The second-order valence-corrected chi connectivity index (χ2v) is 5.93. The molecule has 1 aromatic heterocycles. The summed E-state index contributed by atoms with van der Waals surface area (Å²) in [5, 5.41) is 6.02. The quantitative estimate of drug-likeness (QED) is 0.844. The zero-order valence-corrected chi connectivity index (χ0v) is 14.4. The first kappa shape index (κ1) is 17.9. The van der Waals surface area contributed by atoms with E-state index < -0.39 is 0 Å². The van der Waals surface area contributed by atoms with Crippen LogP contribution in [-0.4, -0.2) is 22.8 Å². The zero-order chi connectivity index (χ0) is 17.5. The van der Waals surface area contributed by atoms with Gasteiger partial charge in [0.1, 0.15) is 0 Å². The van der Waals surface area contributed by atoms with Crippen LogP contribution in [0.15, 0.2) is 42.7 Å². The van der Waals surface area contributed by atoms with Crippen LogP contribution in [-0.2, 0) is 6.54 Å². The summed E-state index contributed by atoms with van der Waals surface area (Å²) in [5.74, 6) is -0.357. The van der Waals surface area contributed by atoms with Crippen molar-refractivity contribution < 1.29 is 9.59 Å². The maximum Gasteiger partial charge on any atom is 0.253 e. The second-order valence-electron chi connectivity index (χ2n) is 5.52. The van der Waals surface area contributed by atoms with E-state index in [1.807, 2.05) is 26.0 Å². The molecule has 0 bridgehead atoms. The van der Waals surface area contributed by atoms with Crippen molar-refractivity contribution in [3.05, 3.63) is 64.4 Å². The maximum atomic E-state index is 12.1. The van der Waals surface area contributed by atoms with Crippen molar-refractivity contribution in [3.8, 4) is 0 Å². The molecule has 0 unspecified atom stereocenters. The van der Waals surface area contributed by atoms with Crippen molar-refractivity contribution in [2.24, 2.45) is 0 Å². The number of aromatic nitrogens is 1. The van der Waals surface area contributed by atoms with Crippen LogP contribution in [0.5, 0.6) is 0 Å². The number of carbonyl (C=O) groups excluding carboxylic acids is 2. The molecule has 1 aromatic carbocycles. The minimum Gasteiger partial charge on any atom is -0.350 e. The van der Waals surface area contributed by atoms with E-state index in [9.17, 15) is 9.59 Å². The minimum absolute atomic E-state index is 0.0940. The molecule has 126 valence electrons. The molecule has 0 radical (unpaired) electrons. The summed E-state index contributed by atoms with van der Waals surface area (Å²) in [5.41, 5.74) is 1.88. The molecule has 1 heterocycles. The number of carbonyl (C=O) groups is 2. The molecule has 0 aliphatic rings. The van der Waals surface area contributed by atoms with E-state index in [0.29, 0.717) is 22.7 Å². The van der Waals surface area contributed by atoms with Crippen LogP contribution in [0.2, 0.25) is 5.02 Å².